The highest BCUT2D eigenvalue weighted by Gasteiger charge is 2.10. The first-order valence-corrected chi connectivity index (χ1v) is 6.14. The van der Waals surface area contributed by atoms with Gasteiger partial charge in [-0.2, -0.15) is 0 Å². The predicted molar refractivity (Wildman–Crippen MR) is 77.2 cm³/mol. The lowest BCUT2D eigenvalue weighted by molar-refractivity contribution is 0.0697. The molecule has 6 heteroatoms. The van der Waals surface area contributed by atoms with Gasteiger partial charge in [0.25, 0.3) is 0 Å². The van der Waals surface area contributed by atoms with E-state index in [9.17, 15) is 14.0 Å². The van der Waals surface area contributed by atoms with E-state index >= 15 is 0 Å². The number of aryl methyl sites for hydroxylation is 1. The first-order valence-electron chi connectivity index (χ1n) is 6.14. The zero-order valence-corrected chi connectivity index (χ0v) is 11.2. The second-order valence-electron chi connectivity index (χ2n) is 4.40. The fourth-order valence-electron chi connectivity index (χ4n) is 1.80. The van der Waals surface area contributed by atoms with Gasteiger partial charge < -0.3 is 15.7 Å². The smallest absolute Gasteiger partial charge is 0.335 e. The summed E-state index contributed by atoms with van der Waals surface area (Å²) in [5, 5.41) is 13.7. The van der Waals surface area contributed by atoms with E-state index < -0.39 is 17.8 Å². The second kappa shape index (κ2) is 6.04. The van der Waals surface area contributed by atoms with E-state index in [2.05, 4.69) is 10.6 Å². The number of urea groups is 1. The van der Waals surface area contributed by atoms with E-state index in [0.717, 1.165) is 0 Å². The predicted octanol–water partition coefficient (Wildman–Crippen LogP) is 3.48. The first kappa shape index (κ1) is 14.5. The minimum atomic E-state index is -1.09. The van der Waals surface area contributed by atoms with Gasteiger partial charge in [-0.25, -0.2) is 14.0 Å². The Morgan fingerprint density at radius 2 is 1.81 bits per heavy atom. The van der Waals surface area contributed by atoms with E-state index in [1.165, 1.54) is 24.3 Å². The summed E-state index contributed by atoms with van der Waals surface area (Å²) in [5.74, 6) is -1.63. The maximum Gasteiger partial charge on any atom is 0.335 e. The summed E-state index contributed by atoms with van der Waals surface area (Å²) in [7, 11) is 0. The van der Waals surface area contributed by atoms with Crippen LogP contribution in [0.3, 0.4) is 0 Å². The van der Waals surface area contributed by atoms with Crippen molar-refractivity contribution in [2.75, 3.05) is 10.6 Å². The highest BCUT2D eigenvalue weighted by Crippen LogP contribution is 2.19. The molecule has 0 aliphatic carbocycles. The molecule has 0 atom stereocenters. The van der Waals surface area contributed by atoms with Crippen LogP contribution in [0, 0.1) is 12.7 Å². The number of carboxylic acid groups (broad SMARTS) is 1. The third kappa shape index (κ3) is 3.56. The average molecular weight is 288 g/mol. The lowest BCUT2D eigenvalue weighted by Crippen LogP contribution is -2.21. The average Bonchev–Trinajstić information content (AvgIpc) is 2.43. The molecule has 2 aromatic rings. The molecule has 0 aromatic heterocycles. The van der Waals surface area contributed by atoms with Crippen LogP contribution in [0.25, 0.3) is 0 Å². The van der Waals surface area contributed by atoms with Gasteiger partial charge in [0.2, 0.25) is 0 Å². The molecule has 0 aliphatic heterocycles. The number of anilines is 2. The summed E-state index contributed by atoms with van der Waals surface area (Å²) in [6.45, 7) is 1.67. The van der Waals surface area contributed by atoms with Crippen molar-refractivity contribution in [1.29, 1.82) is 0 Å². The lowest BCUT2D eigenvalue weighted by Gasteiger charge is -2.11. The molecule has 0 radical (unpaired) electrons. The zero-order chi connectivity index (χ0) is 15.4. The molecule has 0 saturated carbocycles. The van der Waals surface area contributed by atoms with Crippen LogP contribution >= 0.6 is 0 Å². The number of nitrogens with one attached hydrogen (secondary N) is 2. The van der Waals surface area contributed by atoms with Crippen molar-refractivity contribution in [3.8, 4) is 0 Å². The van der Waals surface area contributed by atoms with Gasteiger partial charge in [-0.15, -0.1) is 0 Å². The van der Waals surface area contributed by atoms with Crippen LogP contribution in [-0.4, -0.2) is 17.1 Å². The number of hydrogen-bond donors (Lipinski definition) is 3. The van der Waals surface area contributed by atoms with Gasteiger partial charge in [0, 0.05) is 5.69 Å². The molecule has 0 bridgehead atoms. The summed E-state index contributed by atoms with van der Waals surface area (Å²) in [4.78, 5) is 22.7. The van der Waals surface area contributed by atoms with Crippen molar-refractivity contribution >= 4 is 23.4 Å². The van der Waals surface area contributed by atoms with E-state index in [-0.39, 0.29) is 11.3 Å². The van der Waals surface area contributed by atoms with E-state index in [1.54, 1.807) is 25.1 Å². The number of halogens is 1. The molecule has 5 nitrogen and oxygen atoms in total. The molecule has 21 heavy (non-hydrogen) atoms. The largest absolute Gasteiger partial charge is 0.478 e. The SMILES string of the molecule is Cc1cccc(F)c1NC(=O)Nc1cccc(C(=O)O)c1. The van der Waals surface area contributed by atoms with Crippen molar-refractivity contribution in [1.82, 2.24) is 0 Å². The number of carbonyl (C=O) groups is 2. The molecular weight excluding hydrogens is 275 g/mol. The lowest BCUT2D eigenvalue weighted by atomic mass is 10.2. The van der Waals surface area contributed by atoms with Crippen LogP contribution in [-0.2, 0) is 0 Å². The molecule has 3 N–H and O–H groups in total. The summed E-state index contributed by atoms with van der Waals surface area (Å²) < 4.78 is 13.6. The highest BCUT2D eigenvalue weighted by molar-refractivity contribution is 6.01. The standard InChI is InChI=1S/C15H13FN2O3/c1-9-4-2-7-12(16)13(9)18-15(21)17-11-6-3-5-10(8-11)14(19)20/h2-8H,1H3,(H,19,20)(H2,17,18,21). The molecule has 108 valence electrons. The van der Waals surface area contributed by atoms with E-state index in [1.807, 2.05) is 0 Å². The van der Waals surface area contributed by atoms with Crippen LogP contribution in [0.15, 0.2) is 42.5 Å². The topological polar surface area (TPSA) is 78.4 Å². The van der Waals surface area contributed by atoms with Crippen molar-refractivity contribution in [3.05, 3.63) is 59.4 Å². The Labute approximate surface area is 120 Å². The molecule has 0 unspecified atom stereocenters. The number of carbonyl (C=O) groups excluding carboxylic acids is 1. The van der Waals surface area contributed by atoms with Gasteiger partial charge in [0.05, 0.1) is 11.3 Å². The van der Waals surface area contributed by atoms with Crippen LogP contribution in [0.5, 0.6) is 0 Å². The van der Waals surface area contributed by atoms with Crippen molar-refractivity contribution in [2.45, 2.75) is 6.92 Å². The van der Waals surface area contributed by atoms with Gasteiger partial charge in [0.1, 0.15) is 5.82 Å². The molecular formula is C15H13FN2O3. The molecule has 0 aliphatic rings. The fourth-order valence-corrected chi connectivity index (χ4v) is 1.80. The van der Waals surface area contributed by atoms with Crippen LogP contribution < -0.4 is 10.6 Å². The third-order valence-corrected chi connectivity index (χ3v) is 2.83. The fraction of sp³-hybridized carbons (Fsp3) is 0.0667. The van der Waals surface area contributed by atoms with Gasteiger partial charge in [-0.3, -0.25) is 0 Å². The summed E-state index contributed by atoms with van der Waals surface area (Å²) >= 11 is 0. The maximum absolute atomic E-state index is 13.6. The summed E-state index contributed by atoms with van der Waals surface area (Å²) in [5.41, 5.74) is 1.03. The Balaban J connectivity index is 2.12. The molecule has 0 saturated heterocycles. The highest BCUT2D eigenvalue weighted by atomic mass is 19.1. The van der Waals surface area contributed by atoms with Crippen LogP contribution in [0.2, 0.25) is 0 Å². The molecule has 2 amide bonds. The van der Waals surface area contributed by atoms with E-state index in [0.29, 0.717) is 11.3 Å². The first-order chi connectivity index (χ1) is 9.97. The molecule has 0 fully saturated rings. The van der Waals surface area contributed by atoms with Crippen molar-refractivity contribution < 1.29 is 19.1 Å². The number of carboxylic acids is 1. The van der Waals surface area contributed by atoms with Crippen molar-refractivity contribution in [2.24, 2.45) is 0 Å². The Kier molecular flexibility index (Phi) is 4.18. The summed E-state index contributed by atoms with van der Waals surface area (Å²) in [6.07, 6.45) is 0. The van der Waals surface area contributed by atoms with Gasteiger partial charge in [-0.05, 0) is 36.8 Å². The molecule has 2 aromatic carbocycles. The third-order valence-electron chi connectivity index (χ3n) is 2.83. The van der Waals surface area contributed by atoms with Crippen molar-refractivity contribution in [3.63, 3.8) is 0 Å². The number of aromatic carboxylic acids is 1. The van der Waals surface area contributed by atoms with Gasteiger partial charge in [0.15, 0.2) is 0 Å². The number of amides is 2. The molecule has 0 spiro atoms. The minimum Gasteiger partial charge on any atom is -0.478 e. The van der Waals surface area contributed by atoms with Crippen LogP contribution in [0.4, 0.5) is 20.6 Å². The quantitative estimate of drug-likeness (QED) is 0.809. The van der Waals surface area contributed by atoms with Gasteiger partial charge in [-0.1, -0.05) is 18.2 Å². The number of benzene rings is 2. The Morgan fingerprint density at radius 3 is 2.48 bits per heavy atom. The minimum absolute atomic E-state index is 0.0508. The number of hydrogen-bond acceptors (Lipinski definition) is 2. The zero-order valence-electron chi connectivity index (χ0n) is 11.2. The van der Waals surface area contributed by atoms with Gasteiger partial charge >= 0.3 is 12.0 Å². The molecule has 2 rings (SSSR count). The maximum atomic E-state index is 13.6. The Hall–Kier alpha value is -2.89. The monoisotopic (exact) mass is 288 g/mol. The van der Waals surface area contributed by atoms with Crippen LogP contribution in [0.1, 0.15) is 15.9 Å². The number of para-hydroxylation sites is 1. The number of rotatable bonds is 3. The second-order valence-corrected chi connectivity index (χ2v) is 4.40. The molecule has 0 heterocycles. The van der Waals surface area contributed by atoms with E-state index in [4.69, 9.17) is 5.11 Å². The normalized spacial score (nSPS) is 10.0. The summed E-state index contributed by atoms with van der Waals surface area (Å²) in [6, 6.07) is 9.59. The Morgan fingerprint density at radius 1 is 1.10 bits per heavy atom. The Bertz CT molecular complexity index is 681.